The second kappa shape index (κ2) is 3.54. The Morgan fingerprint density at radius 1 is 1.39 bits per heavy atom. The summed E-state index contributed by atoms with van der Waals surface area (Å²) in [5.41, 5.74) is 9.77. The fourth-order valence-electron chi connectivity index (χ4n) is 2.83. The zero-order valence-electron chi connectivity index (χ0n) is 10.8. The number of rotatable bonds is 0. The minimum atomic E-state index is 0.110. The normalized spacial score (nSPS) is 19.3. The molecule has 2 aromatic rings. The highest BCUT2D eigenvalue weighted by Crippen LogP contribution is 2.33. The summed E-state index contributed by atoms with van der Waals surface area (Å²) in [6.45, 7) is 3.96. The molecule has 5 heteroatoms. The van der Waals surface area contributed by atoms with Gasteiger partial charge in [0.2, 0.25) is 0 Å². The molecule has 0 fully saturated rings. The molecule has 18 heavy (non-hydrogen) atoms. The highest BCUT2D eigenvalue weighted by Gasteiger charge is 2.28. The Morgan fingerprint density at radius 2 is 2.11 bits per heavy atom. The number of carbonyl (C=O) groups is 1. The van der Waals surface area contributed by atoms with E-state index in [1.54, 1.807) is 4.68 Å². The molecule has 0 aromatic carbocycles. The minimum absolute atomic E-state index is 0.110. The van der Waals surface area contributed by atoms with Crippen molar-refractivity contribution in [2.24, 2.45) is 13.0 Å². The molecule has 0 amide bonds. The van der Waals surface area contributed by atoms with Gasteiger partial charge in [-0.05, 0) is 19.3 Å². The van der Waals surface area contributed by atoms with Gasteiger partial charge in [-0.2, -0.15) is 5.10 Å². The lowest BCUT2D eigenvalue weighted by Gasteiger charge is -2.21. The lowest BCUT2D eigenvalue weighted by atomic mass is 9.86. The molecule has 2 aromatic heterocycles. The SMILES string of the molecule is Cc1nn(C)c2nc3c(c(N)c12)C(=O)C[C@@H](C)C3. The van der Waals surface area contributed by atoms with E-state index >= 15 is 0 Å². The van der Waals surface area contributed by atoms with Crippen molar-refractivity contribution in [3.63, 3.8) is 0 Å². The summed E-state index contributed by atoms with van der Waals surface area (Å²) >= 11 is 0. The summed E-state index contributed by atoms with van der Waals surface area (Å²) in [6, 6.07) is 0. The largest absolute Gasteiger partial charge is 0.397 e. The van der Waals surface area contributed by atoms with E-state index < -0.39 is 0 Å². The number of hydrogen-bond acceptors (Lipinski definition) is 4. The van der Waals surface area contributed by atoms with Gasteiger partial charge < -0.3 is 5.73 Å². The van der Waals surface area contributed by atoms with E-state index in [1.165, 1.54) is 0 Å². The van der Waals surface area contributed by atoms with Crippen LogP contribution in [-0.4, -0.2) is 20.5 Å². The molecule has 1 atom stereocenters. The first-order chi connectivity index (χ1) is 8.49. The maximum Gasteiger partial charge on any atom is 0.167 e. The third-order valence-corrected chi connectivity index (χ3v) is 3.61. The fraction of sp³-hybridized carbons (Fsp3) is 0.462. The highest BCUT2D eigenvalue weighted by molar-refractivity contribution is 6.09. The number of pyridine rings is 1. The molecule has 0 aliphatic heterocycles. The van der Waals surface area contributed by atoms with Crippen molar-refractivity contribution in [3.05, 3.63) is 17.0 Å². The van der Waals surface area contributed by atoms with Crippen LogP contribution in [0, 0.1) is 12.8 Å². The number of nitrogens with zero attached hydrogens (tertiary/aromatic N) is 3. The minimum Gasteiger partial charge on any atom is -0.397 e. The molecule has 2 heterocycles. The second-order valence-corrected chi connectivity index (χ2v) is 5.19. The average molecular weight is 244 g/mol. The molecule has 3 rings (SSSR count). The van der Waals surface area contributed by atoms with Crippen molar-refractivity contribution < 1.29 is 4.79 Å². The van der Waals surface area contributed by atoms with Crippen LogP contribution in [0.1, 0.15) is 35.1 Å². The molecule has 2 N–H and O–H groups in total. The molecule has 0 saturated heterocycles. The zero-order valence-corrected chi connectivity index (χ0v) is 10.8. The maximum atomic E-state index is 12.1. The first kappa shape index (κ1) is 11.2. The Labute approximate surface area is 105 Å². The smallest absolute Gasteiger partial charge is 0.167 e. The van der Waals surface area contributed by atoms with E-state index in [2.05, 4.69) is 17.0 Å². The molecule has 5 nitrogen and oxygen atoms in total. The summed E-state index contributed by atoms with van der Waals surface area (Å²) in [7, 11) is 1.85. The van der Waals surface area contributed by atoms with E-state index in [0.717, 1.165) is 28.8 Å². The van der Waals surface area contributed by atoms with Crippen LogP contribution in [-0.2, 0) is 13.5 Å². The Morgan fingerprint density at radius 3 is 2.83 bits per heavy atom. The summed E-state index contributed by atoms with van der Waals surface area (Å²) in [4.78, 5) is 16.7. The van der Waals surface area contributed by atoms with Gasteiger partial charge in [-0.25, -0.2) is 4.98 Å². The van der Waals surface area contributed by atoms with Crippen LogP contribution in [0.25, 0.3) is 11.0 Å². The van der Waals surface area contributed by atoms with Crippen molar-refractivity contribution in [2.45, 2.75) is 26.7 Å². The lowest BCUT2D eigenvalue weighted by molar-refractivity contribution is 0.0953. The average Bonchev–Trinajstić information content (AvgIpc) is 2.53. The maximum absolute atomic E-state index is 12.1. The monoisotopic (exact) mass is 244 g/mol. The zero-order chi connectivity index (χ0) is 13.0. The topological polar surface area (TPSA) is 73.8 Å². The number of carbonyl (C=O) groups excluding carboxylic acids is 1. The molecule has 94 valence electrons. The molecule has 1 aliphatic carbocycles. The first-order valence-electron chi connectivity index (χ1n) is 6.14. The fourth-order valence-corrected chi connectivity index (χ4v) is 2.83. The number of aromatic nitrogens is 3. The molecule has 0 bridgehead atoms. The molecular formula is C13H16N4O. The molecule has 0 unspecified atom stereocenters. The van der Waals surface area contributed by atoms with Gasteiger partial charge in [0.1, 0.15) is 0 Å². The van der Waals surface area contributed by atoms with E-state index in [0.29, 0.717) is 23.6 Å². The van der Waals surface area contributed by atoms with Gasteiger partial charge in [0.25, 0.3) is 0 Å². The Balaban J connectivity index is 2.40. The lowest BCUT2D eigenvalue weighted by Crippen LogP contribution is -2.21. The van der Waals surface area contributed by atoms with Crippen LogP contribution in [0.4, 0.5) is 5.69 Å². The van der Waals surface area contributed by atoms with Gasteiger partial charge in [0.05, 0.1) is 28.0 Å². The molecule has 0 radical (unpaired) electrons. The summed E-state index contributed by atoms with van der Waals surface area (Å²) in [5, 5.41) is 5.15. The number of ketones is 1. The summed E-state index contributed by atoms with van der Waals surface area (Å²) in [6.07, 6.45) is 1.37. The number of Topliss-reactive ketones (excluding diaryl/α,β-unsaturated/α-hetero) is 1. The van der Waals surface area contributed by atoms with Gasteiger partial charge in [0, 0.05) is 13.5 Å². The van der Waals surface area contributed by atoms with Crippen LogP contribution in [0.3, 0.4) is 0 Å². The van der Waals surface area contributed by atoms with E-state index in [-0.39, 0.29) is 5.78 Å². The van der Waals surface area contributed by atoms with Crippen LogP contribution in [0.5, 0.6) is 0 Å². The third-order valence-electron chi connectivity index (χ3n) is 3.61. The number of fused-ring (bicyclic) bond motifs is 2. The second-order valence-electron chi connectivity index (χ2n) is 5.19. The standard InChI is InChI=1S/C13H16N4O/c1-6-4-8-11(9(18)5-6)12(14)10-7(2)16-17(3)13(10)15-8/h6H,4-5H2,1-3H3,(H2,14,15)/t6-/m0/s1. The van der Waals surface area contributed by atoms with Crippen molar-refractivity contribution in [3.8, 4) is 0 Å². The van der Waals surface area contributed by atoms with Crippen LogP contribution in [0.15, 0.2) is 0 Å². The van der Waals surface area contributed by atoms with Gasteiger partial charge in [-0.3, -0.25) is 9.48 Å². The third kappa shape index (κ3) is 1.36. The Hall–Kier alpha value is -1.91. The predicted molar refractivity (Wildman–Crippen MR) is 69.5 cm³/mol. The molecule has 1 aliphatic rings. The number of anilines is 1. The van der Waals surface area contributed by atoms with Crippen molar-refractivity contribution in [2.75, 3.05) is 5.73 Å². The molecule has 0 spiro atoms. The van der Waals surface area contributed by atoms with Gasteiger partial charge in [0.15, 0.2) is 11.4 Å². The van der Waals surface area contributed by atoms with E-state index in [9.17, 15) is 4.79 Å². The number of aryl methyl sites for hydroxylation is 2. The summed E-state index contributed by atoms with van der Waals surface area (Å²) in [5.74, 6) is 0.447. The quantitative estimate of drug-likeness (QED) is 0.764. The Bertz CT molecular complexity index is 671. The number of hydrogen-bond donors (Lipinski definition) is 1. The van der Waals surface area contributed by atoms with Crippen molar-refractivity contribution in [1.29, 1.82) is 0 Å². The van der Waals surface area contributed by atoms with Crippen molar-refractivity contribution in [1.82, 2.24) is 14.8 Å². The number of nitrogen functional groups attached to an aromatic ring is 1. The predicted octanol–water partition coefficient (Wildman–Crippen LogP) is 1.62. The van der Waals surface area contributed by atoms with Gasteiger partial charge in [-0.1, -0.05) is 6.92 Å². The van der Waals surface area contributed by atoms with Crippen LogP contribution < -0.4 is 5.73 Å². The number of nitrogens with two attached hydrogens (primary N) is 1. The van der Waals surface area contributed by atoms with E-state index in [4.69, 9.17) is 5.73 Å². The van der Waals surface area contributed by atoms with Gasteiger partial charge >= 0.3 is 0 Å². The first-order valence-corrected chi connectivity index (χ1v) is 6.14. The van der Waals surface area contributed by atoms with E-state index in [1.807, 2.05) is 14.0 Å². The van der Waals surface area contributed by atoms with Crippen LogP contribution in [0.2, 0.25) is 0 Å². The molecular weight excluding hydrogens is 228 g/mol. The summed E-state index contributed by atoms with van der Waals surface area (Å²) < 4.78 is 1.73. The van der Waals surface area contributed by atoms with Crippen molar-refractivity contribution >= 4 is 22.5 Å². The molecule has 0 saturated carbocycles. The van der Waals surface area contributed by atoms with Crippen LogP contribution >= 0.6 is 0 Å². The van der Waals surface area contributed by atoms with Gasteiger partial charge in [-0.15, -0.1) is 0 Å². The highest BCUT2D eigenvalue weighted by atomic mass is 16.1. The Kier molecular flexibility index (Phi) is 2.20.